The predicted octanol–water partition coefficient (Wildman–Crippen LogP) is 4.45. The number of amides is 2. The van der Waals surface area contributed by atoms with Gasteiger partial charge < -0.3 is 24.5 Å². The summed E-state index contributed by atoms with van der Waals surface area (Å²) in [6, 6.07) is 18.1. The summed E-state index contributed by atoms with van der Waals surface area (Å²) < 4.78 is 2.05. The standard InChI is InChI=1S/C33H41N5O3/c1-35(2)20-17-34-31(39)28-13-15-33(22-28)16-19-38(30-8-6-5-7-27(30)21-33)32(40)26-9-11-29(12-10-26)37-18-14-25(24-37)23-36(3)41-4/h5-12,14,18,22,24H,13,15-17,19-21,23H2,1-4H3,(H,34,39). The van der Waals surface area contributed by atoms with Crippen LogP contribution in [0.3, 0.4) is 0 Å². The number of anilines is 1. The molecule has 3 aromatic rings. The zero-order valence-electron chi connectivity index (χ0n) is 24.6. The van der Waals surface area contributed by atoms with Crippen LogP contribution >= 0.6 is 0 Å². The SMILES string of the molecule is CON(C)Cc1ccn(-c2ccc(C(=O)N3CCC4(C=C(C(=O)NCCN(C)C)CC4)Cc4ccccc43)cc2)c1. The Balaban J connectivity index is 1.32. The lowest BCUT2D eigenvalue weighted by Gasteiger charge is -2.26. The lowest BCUT2D eigenvalue weighted by atomic mass is 9.79. The normalized spacial score (nSPS) is 18.5. The Morgan fingerprint density at radius 2 is 1.80 bits per heavy atom. The monoisotopic (exact) mass is 555 g/mol. The van der Waals surface area contributed by atoms with Gasteiger partial charge in [0.2, 0.25) is 5.91 Å². The molecule has 0 saturated carbocycles. The van der Waals surface area contributed by atoms with Crippen LogP contribution in [0.25, 0.3) is 5.69 Å². The maximum absolute atomic E-state index is 13.9. The van der Waals surface area contributed by atoms with Crippen LogP contribution in [-0.4, -0.2) is 74.2 Å². The third kappa shape index (κ3) is 6.62. The molecule has 1 N–H and O–H groups in total. The van der Waals surface area contributed by atoms with Gasteiger partial charge in [-0.1, -0.05) is 24.3 Å². The van der Waals surface area contributed by atoms with Crippen molar-refractivity contribution in [1.29, 1.82) is 0 Å². The highest BCUT2D eigenvalue weighted by molar-refractivity contribution is 6.06. The number of fused-ring (bicyclic) bond motifs is 1. The van der Waals surface area contributed by atoms with Gasteiger partial charge in [0, 0.05) is 61.6 Å². The molecule has 1 atom stereocenters. The minimum atomic E-state index is -0.119. The molecule has 2 amide bonds. The number of para-hydroxylation sites is 1. The van der Waals surface area contributed by atoms with Gasteiger partial charge in [-0.2, -0.15) is 5.06 Å². The number of nitrogens with zero attached hydrogens (tertiary/aromatic N) is 4. The molecule has 1 aliphatic carbocycles. The number of likely N-dealkylation sites (N-methyl/N-ethyl adjacent to an activating group) is 1. The highest BCUT2D eigenvalue weighted by atomic mass is 16.7. The smallest absolute Gasteiger partial charge is 0.258 e. The number of rotatable bonds is 9. The maximum Gasteiger partial charge on any atom is 0.258 e. The van der Waals surface area contributed by atoms with E-state index in [1.165, 1.54) is 0 Å². The van der Waals surface area contributed by atoms with Crippen LogP contribution in [0.15, 0.2) is 78.6 Å². The molecule has 8 nitrogen and oxygen atoms in total. The van der Waals surface area contributed by atoms with E-state index in [0.29, 0.717) is 25.2 Å². The fourth-order valence-electron chi connectivity index (χ4n) is 5.93. The molecule has 1 unspecified atom stereocenters. The Morgan fingerprint density at radius 1 is 1.02 bits per heavy atom. The molecule has 0 fully saturated rings. The Bertz CT molecular complexity index is 1410. The van der Waals surface area contributed by atoms with Gasteiger partial charge in [0.05, 0.1) is 13.7 Å². The fourth-order valence-corrected chi connectivity index (χ4v) is 5.93. The average Bonchev–Trinajstić information content (AvgIpc) is 3.57. The Labute approximate surface area is 243 Å². The van der Waals surface area contributed by atoms with Crippen LogP contribution in [0.2, 0.25) is 0 Å². The molecule has 216 valence electrons. The van der Waals surface area contributed by atoms with E-state index in [1.807, 2.05) is 74.7 Å². The van der Waals surface area contributed by atoms with E-state index in [4.69, 9.17) is 4.84 Å². The number of hydroxylamine groups is 2. The first kappa shape index (κ1) is 28.8. The van der Waals surface area contributed by atoms with E-state index in [-0.39, 0.29) is 17.2 Å². The number of carbonyl (C=O) groups is 2. The van der Waals surface area contributed by atoms with Gasteiger partial charge in [-0.15, -0.1) is 0 Å². The molecule has 41 heavy (non-hydrogen) atoms. The first-order valence-corrected chi connectivity index (χ1v) is 14.3. The van der Waals surface area contributed by atoms with Crippen molar-refractivity contribution in [3.63, 3.8) is 0 Å². The third-order valence-electron chi connectivity index (χ3n) is 8.30. The number of benzene rings is 2. The summed E-state index contributed by atoms with van der Waals surface area (Å²) in [6.07, 6.45) is 9.64. The van der Waals surface area contributed by atoms with Crippen LogP contribution in [0.5, 0.6) is 0 Å². The van der Waals surface area contributed by atoms with E-state index in [0.717, 1.165) is 60.3 Å². The number of nitrogens with one attached hydrogen (secondary N) is 1. The molecule has 2 aromatic carbocycles. The zero-order valence-corrected chi connectivity index (χ0v) is 24.6. The summed E-state index contributed by atoms with van der Waals surface area (Å²) >= 11 is 0. The Kier molecular flexibility index (Phi) is 8.73. The van der Waals surface area contributed by atoms with Crippen LogP contribution in [0, 0.1) is 5.41 Å². The first-order valence-electron chi connectivity index (χ1n) is 14.3. The van der Waals surface area contributed by atoms with Gasteiger partial charge in [-0.3, -0.25) is 9.59 Å². The van der Waals surface area contributed by atoms with Crippen LogP contribution < -0.4 is 10.2 Å². The number of carbonyl (C=O) groups excluding carboxylic acids is 2. The molecule has 2 aliphatic rings. The average molecular weight is 556 g/mol. The molecular weight excluding hydrogens is 514 g/mol. The van der Waals surface area contributed by atoms with E-state index in [1.54, 1.807) is 12.2 Å². The molecule has 0 bridgehead atoms. The number of hydrogen-bond donors (Lipinski definition) is 1. The van der Waals surface area contributed by atoms with Crippen molar-refractivity contribution < 1.29 is 14.4 Å². The molecule has 0 saturated heterocycles. The van der Waals surface area contributed by atoms with Crippen molar-refractivity contribution in [2.24, 2.45) is 5.41 Å². The third-order valence-corrected chi connectivity index (χ3v) is 8.30. The van der Waals surface area contributed by atoms with Crippen molar-refractivity contribution in [1.82, 2.24) is 19.8 Å². The van der Waals surface area contributed by atoms with Crippen molar-refractivity contribution in [2.75, 3.05) is 52.8 Å². The summed E-state index contributed by atoms with van der Waals surface area (Å²) in [4.78, 5) is 36.0. The topological polar surface area (TPSA) is 70.0 Å². The van der Waals surface area contributed by atoms with Crippen molar-refractivity contribution in [2.45, 2.75) is 32.2 Å². The first-order chi connectivity index (χ1) is 19.8. The second-order valence-electron chi connectivity index (χ2n) is 11.5. The highest BCUT2D eigenvalue weighted by Crippen LogP contribution is 2.46. The summed E-state index contributed by atoms with van der Waals surface area (Å²) in [5.74, 6) is 0.0365. The maximum atomic E-state index is 13.9. The van der Waals surface area contributed by atoms with E-state index in [2.05, 4.69) is 39.2 Å². The molecule has 1 aromatic heterocycles. The number of aromatic nitrogens is 1. The number of hydrogen-bond acceptors (Lipinski definition) is 5. The highest BCUT2D eigenvalue weighted by Gasteiger charge is 2.39. The van der Waals surface area contributed by atoms with Crippen molar-refractivity contribution in [3.8, 4) is 5.69 Å². The Morgan fingerprint density at radius 3 is 2.56 bits per heavy atom. The molecular formula is C33H41N5O3. The molecule has 8 heteroatoms. The van der Waals surface area contributed by atoms with Gasteiger partial charge >= 0.3 is 0 Å². The van der Waals surface area contributed by atoms with Gasteiger partial charge in [0.25, 0.3) is 5.91 Å². The molecule has 1 spiro atoms. The Hall–Kier alpha value is -3.72. The van der Waals surface area contributed by atoms with E-state index < -0.39 is 0 Å². The summed E-state index contributed by atoms with van der Waals surface area (Å²) in [6.45, 7) is 2.75. The lowest BCUT2D eigenvalue weighted by Crippen LogP contribution is -2.33. The fraction of sp³-hybridized carbons (Fsp3) is 0.394. The second kappa shape index (κ2) is 12.4. The molecule has 5 rings (SSSR count). The van der Waals surface area contributed by atoms with Gasteiger partial charge in [-0.25, -0.2) is 0 Å². The summed E-state index contributed by atoms with van der Waals surface area (Å²) in [5, 5.41) is 4.84. The van der Waals surface area contributed by atoms with Crippen molar-refractivity contribution >= 4 is 17.5 Å². The predicted molar refractivity (Wildman–Crippen MR) is 162 cm³/mol. The minimum Gasteiger partial charge on any atom is -0.351 e. The van der Waals surface area contributed by atoms with Crippen molar-refractivity contribution in [3.05, 3.63) is 95.3 Å². The number of allylic oxidation sites excluding steroid dienone is 1. The molecule has 2 heterocycles. The zero-order chi connectivity index (χ0) is 29.0. The van der Waals surface area contributed by atoms with Crippen LogP contribution in [0.4, 0.5) is 5.69 Å². The quantitative estimate of drug-likeness (QED) is 0.395. The van der Waals surface area contributed by atoms with Crippen LogP contribution in [-0.2, 0) is 22.6 Å². The lowest BCUT2D eigenvalue weighted by molar-refractivity contribution is -0.117. The molecule has 0 radical (unpaired) electrons. The second-order valence-corrected chi connectivity index (χ2v) is 11.5. The summed E-state index contributed by atoms with van der Waals surface area (Å²) in [5.41, 5.74) is 5.67. The summed E-state index contributed by atoms with van der Waals surface area (Å²) in [7, 11) is 7.56. The van der Waals surface area contributed by atoms with Gasteiger partial charge in [-0.05, 0) is 92.7 Å². The van der Waals surface area contributed by atoms with Crippen LogP contribution in [0.1, 0.15) is 40.7 Å². The minimum absolute atomic E-state index is 0.000377. The largest absolute Gasteiger partial charge is 0.351 e. The molecule has 1 aliphatic heterocycles. The van der Waals surface area contributed by atoms with E-state index in [9.17, 15) is 9.59 Å². The van der Waals surface area contributed by atoms with Gasteiger partial charge in [0.1, 0.15) is 0 Å². The van der Waals surface area contributed by atoms with E-state index >= 15 is 0 Å². The van der Waals surface area contributed by atoms with Gasteiger partial charge in [0.15, 0.2) is 0 Å².